The van der Waals surface area contributed by atoms with E-state index in [0.717, 1.165) is 18.7 Å². The molecule has 1 atom stereocenters. The molecule has 3 nitrogen and oxygen atoms in total. The van der Waals surface area contributed by atoms with Gasteiger partial charge in [0.2, 0.25) is 0 Å². The molecule has 1 aromatic heterocycles. The third-order valence-electron chi connectivity index (χ3n) is 3.40. The Morgan fingerprint density at radius 2 is 2.00 bits per heavy atom. The number of nitrogens with one attached hydrogen (secondary N) is 1. The summed E-state index contributed by atoms with van der Waals surface area (Å²) in [4.78, 5) is 8.57. The van der Waals surface area contributed by atoms with Gasteiger partial charge in [-0.3, -0.25) is 9.97 Å². The summed E-state index contributed by atoms with van der Waals surface area (Å²) < 4.78 is 0. The Bertz CT molecular complexity index is 523. The van der Waals surface area contributed by atoms with E-state index in [1.807, 2.05) is 6.20 Å². The largest absolute Gasteiger partial charge is 0.309 e. The summed E-state index contributed by atoms with van der Waals surface area (Å²) in [6.45, 7) is 7.34. The first-order valence-corrected chi connectivity index (χ1v) is 6.76. The van der Waals surface area contributed by atoms with E-state index in [1.165, 1.54) is 16.7 Å². The van der Waals surface area contributed by atoms with Gasteiger partial charge in [-0.1, -0.05) is 25.1 Å². The maximum absolute atomic E-state index is 4.41. The van der Waals surface area contributed by atoms with E-state index in [1.54, 1.807) is 12.4 Å². The Balaban J connectivity index is 2.19. The van der Waals surface area contributed by atoms with Gasteiger partial charge in [0, 0.05) is 18.6 Å². The fourth-order valence-corrected chi connectivity index (χ4v) is 2.18. The molecule has 0 spiro atoms. The number of likely N-dealkylation sites (N-methyl/N-ethyl adjacent to an activating group) is 1. The molecule has 0 aliphatic carbocycles. The van der Waals surface area contributed by atoms with Gasteiger partial charge < -0.3 is 5.32 Å². The number of rotatable bonds is 5. The Morgan fingerprint density at radius 1 is 1.16 bits per heavy atom. The molecule has 0 saturated carbocycles. The maximum Gasteiger partial charge on any atom is 0.0759 e. The summed E-state index contributed by atoms with van der Waals surface area (Å²) in [6.07, 6.45) is 6.24. The topological polar surface area (TPSA) is 37.8 Å². The minimum absolute atomic E-state index is 0.223. The van der Waals surface area contributed by atoms with E-state index in [9.17, 15) is 0 Å². The quantitative estimate of drug-likeness (QED) is 0.892. The molecule has 2 rings (SSSR count). The number of hydrogen-bond donors (Lipinski definition) is 1. The lowest BCUT2D eigenvalue weighted by Gasteiger charge is -2.17. The average Bonchev–Trinajstić information content (AvgIpc) is 2.43. The van der Waals surface area contributed by atoms with E-state index in [2.05, 4.69) is 54.3 Å². The molecule has 0 aliphatic heterocycles. The number of benzene rings is 1. The van der Waals surface area contributed by atoms with Crippen LogP contribution < -0.4 is 5.32 Å². The van der Waals surface area contributed by atoms with E-state index >= 15 is 0 Å². The zero-order chi connectivity index (χ0) is 13.7. The van der Waals surface area contributed by atoms with E-state index in [4.69, 9.17) is 0 Å². The molecule has 0 bridgehead atoms. The summed E-state index contributed by atoms with van der Waals surface area (Å²) in [5, 5.41) is 3.48. The van der Waals surface area contributed by atoms with Crippen LogP contribution in [0.5, 0.6) is 0 Å². The number of aryl methyl sites for hydroxylation is 2. The van der Waals surface area contributed by atoms with Crippen molar-refractivity contribution in [3.8, 4) is 0 Å². The number of hydrogen-bond acceptors (Lipinski definition) is 3. The molecule has 0 saturated heterocycles. The van der Waals surface area contributed by atoms with Gasteiger partial charge in [-0.15, -0.1) is 0 Å². The van der Waals surface area contributed by atoms with Crippen LogP contribution >= 0.6 is 0 Å². The van der Waals surface area contributed by atoms with Crippen LogP contribution in [0.1, 0.15) is 35.3 Å². The fraction of sp³-hybridized carbons (Fsp3) is 0.375. The van der Waals surface area contributed by atoms with Crippen LogP contribution in [0.4, 0.5) is 0 Å². The second-order valence-corrected chi connectivity index (χ2v) is 4.86. The van der Waals surface area contributed by atoms with Gasteiger partial charge in [0.25, 0.3) is 0 Å². The molecule has 0 radical (unpaired) electrons. The molecule has 1 heterocycles. The van der Waals surface area contributed by atoms with Crippen LogP contribution in [0.3, 0.4) is 0 Å². The van der Waals surface area contributed by atoms with Crippen LogP contribution in [-0.2, 0) is 6.42 Å². The Hall–Kier alpha value is -1.74. The minimum atomic E-state index is 0.223. The van der Waals surface area contributed by atoms with Crippen LogP contribution in [0, 0.1) is 13.8 Å². The molecule has 1 aromatic carbocycles. The van der Waals surface area contributed by atoms with Gasteiger partial charge in [0.05, 0.1) is 11.7 Å². The standard InChI is InChI=1S/C16H21N3/c1-4-18-15(16-11-17-7-8-19-16)10-14-6-5-12(2)13(3)9-14/h5-9,11,15,18H,4,10H2,1-3H3. The van der Waals surface area contributed by atoms with Crippen molar-refractivity contribution in [2.45, 2.75) is 33.2 Å². The van der Waals surface area contributed by atoms with E-state index in [-0.39, 0.29) is 6.04 Å². The number of aromatic nitrogens is 2. The molecule has 0 amide bonds. The van der Waals surface area contributed by atoms with Gasteiger partial charge >= 0.3 is 0 Å². The van der Waals surface area contributed by atoms with Crippen molar-refractivity contribution in [3.05, 3.63) is 59.2 Å². The SMILES string of the molecule is CCNC(Cc1ccc(C)c(C)c1)c1cnccn1. The van der Waals surface area contributed by atoms with E-state index in [0.29, 0.717) is 0 Å². The molecule has 1 N–H and O–H groups in total. The van der Waals surface area contributed by atoms with Crippen LogP contribution in [-0.4, -0.2) is 16.5 Å². The van der Waals surface area contributed by atoms with Crippen molar-refractivity contribution < 1.29 is 0 Å². The van der Waals surface area contributed by atoms with Crippen molar-refractivity contribution in [2.75, 3.05) is 6.54 Å². The normalized spacial score (nSPS) is 12.4. The van der Waals surface area contributed by atoms with Gasteiger partial charge in [0.1, 0.15) is 0 Å². The van der Waals surface area contributed by atoms with Crippen molar-refractivity contribution in [1.82, 2.24) is 15.3 Å². The summed E-state index contributed by atoms with van der Waals surface area (Å²) >= 11 is 0. The third kappa shape index (κ3) is 3.61. The Morgan fingerprint density at radius 3 is 2.63 bits per heavy atom. The first-order valence-electron chi connectivity index (χ1n) is 6.76. The lowest BCUT2D eigenvalue weighted by molar-refractivity contribution is 0.534. The lowest BCUT2D eigenvalue weighted by Crippen LogP contribution is -2.24. The third-order valence-corrected chi connectivity index (χ3v) is 3.40. The zero-order valence-corrected chi connectivity index (χ0v) is 11.9. The highest BCUT2D eigenvalue weighted by Crippen LogP contribution is 2.18. The monoisotopic (exact) mass is 255 g/mol. The average molecular weight is 255 g/mol. The van der Waals surface area contributed by atoms with Crippen molar-refractivity contribution in [2.24, 2.45) is 0 Å². The van der Waals surface area contributed by atoms with Crippen molar-refractivity contribution in [1.29, 1.82) is 0 Å². The first-order chi connectivity index (χ1) is 9.20. The van der Waals surface area contributed by atoms with Crippen molar-refractivity contribution >= 4 is 0 Å². The van der Waals surface area contributed by atoms with E-state index < -0.39 is 0 Å². The first kappa shape index (κ1) is 13.7. The summed E-state index contributed by atoms with van der Waals surface area (Å²) in [7, 11) is 0. The molecular weight excluding hydrogens is 234 g/mol. The van der Waals surface area contributed by atoms with Gasteiger partial charge in [-0.05, 0) is 43.5 Å². The van der Waals surface area contributed by atoms with Crippen LogP contribution in [0.25, 0.3) is 0 Å². The second-order valence-electron chi connectivity index (χ2n) is 4.86. The predicted molar refractivity (Wildman–Crippen MR) is 78.1 cm³/mol. The van der Waals surface area contributed by atoms with Crippen LogP contribution in [0.15, 0.2) is 36.8 Å². The molecule has 19 heavy (non-hydrogen) atoms. The fourth-order valence-electron chi connectivity index (χ4n) is 2.18. The molecular formula is C16H21N3. The second kappa shape index (κ2) is 6.43. The van der Waals surface area contributed by atoms with Crippen molar-refractivity contribution in [3.63, 3.8) is 0 Å². The number of nitrogens with zero attached hydrogens (tertiary/aromatic N) is 2. The maximum atomic E-state index is 4.41. The highest BCUT2D eigenvalue weighted by atomic mass is 14.9. The van der Waals surface area contributed by atoms with Gasteiger partial charge in [0.15, 0.2) is 0 Å². The summed E-state index contributed by atoms with van der Waals surface area (Å²) in [6, 6.07) is 6.87. The summed E-state index contributed by atoms with van der Waals surface area (Å²) in [5.41, 5.74) is 5.01. The predicted octanol–water partition coefficient (Wildman–Crippen LogP) is 2.99. The summed E-state index contributed by atoms with van der Waals surface area (Å²) in [5.74, 6) is 0. The highest BCUT2D eigenvalue weighted by molar-refractivity contribution is 5.30. The minimum Gasteiger partial charge on any atom is -0.309 e. The highest BCUT2D eigenvalue weighted by Gasteiger charge is 2.12. The molecule has 100 valence electrons. The Kier molecular flexibility index (Phi) is 4.63. The Labute approximate surface area is 115 Å². The van der Waals surface area contributed by atoms with Crippen LogP contribution in [0.2, 0.25) is 0 Å². The zero-order valence-electron chi connectivity index (χ0n) is 11.9. The lowest BCUT2D eigenvalue weighted by atomic mass is 9.99. The smallest absolute Gasteiger partial charge is 0.0759 e. The molecule has 2 aromatic rings. The molecule has 0 fully saturated rings. The molecule has 1 unspecified atom stereocenters. The molecule has 3 heteroatoms. The van der Waals surface area contributed by atoms with Gasteiger partial charge in [-0.25, -0.2) is 0 Å². The van der Waals surface area contributed by atoms with Gasteiger partial charge in [-0.2, -0.15) is 0 Å². The molecule has 0 aliphatic rings.